The lowest BCUT2D eigenvalue weighted by atomic mass is 9.96. The molecule has 0 radical (unpaired) electrons. The lowest BCUT2D eigenvalue weighted by Crippen LogP contribution is -2.38. The quantitative estimate of drug-likeness (QED) is 0.461. The lowest BCUT2D eigenvalue weighted by molar-refractivity contribution is -0.120. The van der Waals surface area contributed by atoms with Crippen LogP contribution in [-0.4, -0.2) is 39.9 Å². The highest BCUT2D eigenvalue weighted by Crippen LogP contribution is 2.32. The van der Waals surface area contributed by atoms with E-state index in [0.29, 0.717) is 42.7 Å². The number of piperidine rings is 1. The van der Waals surface area contributed by atoms with Gasteiger partial charge in [0.05, 0.1) is 6.26 Å². The molecule has 29 heavy (non-hydrogen) atoms. The van der Waals surface area contributed by atoms with Gasteiger partial charge in [0, 0.05) is 19.0 Å². The van der Waals surface area contributed by atoms with Crippen molar-refractivity contribution in [1.29, 1.82) is 5.26 Å². The van der Waals surface area contributed by atoms with Crippen molar-refractivity contribution < 1.29 is 13.6 Å². The second-order valence-electron chi connectivity index (χ2n) is 6.32. The highest BCUT2D eigenvalue weighted by Gasteiger charge is 2.29. The highest BCUT2D eigenvalue weighted by molar-refractivity contribution is 8.01. The molecule has 1 N–H and O–H groups in total. The largest absolute Gasteiger partial charge is 0.459 e. The van der Waals surface area contributed by atoms with Gasteiger partial charge in [-0.3, -0.25) is 4.79 Å². The maximum atomic E-state index is 12.6. The molecule has 0 bridgehead atoms. The minimum atomic E-state index is -0.129. The Balaban J connectivity index is 1.38. The Kier molecular flexibility index (Phi) is 5.82. The van der Waals surface area contributed by atoms with Crippen molar-refractivity contribution in [3.8, 4) is 17.7 Å². The zero-order valence-corrected chi connectivity index (χ0v) is 17.3. The summed E-state index contributed by atoms with van der Waals surface area (Å²) in [5.74, 6) is 1.90. The number of anilines is 2. The van der Waals surface area contributed by atoms with Gasteiger partial charge in [0.2, 0.25) is 22.6 Å². The summed E-state index contributed by atoms with van der Waals surface area (Å²) in [6.07, 6.45) is 2.81. The first-order chi connectivity index (χ1) is 14.2. The van der Waals surface area contributed by atoms with Crippen LogP contribution in [0, 0.1) is 17.2 Å². The van der Waals surface area contributed by atoms with Crippen LogP contribution < -0.4 is 10.2 Å². The van der Waals surface area contributed by atoms with E-state index in [4.69, 9.17) is 8.83 Å². The molecule has 0 aliphatic carbocycles. The van der Waals surface area contributed by atoms with Gasteiger partial charge in [0.25, 0.3) is 5.89 Å². The normalized spacial score (nSPS) is 14.7. The molecule has 11 heteroatoms. The molecule has 4 rings (SSSR count). The predicted molar refractivity (Wildman–Crippen MR) is 109 cm³/mol. The lowest BCUT2D eigenvalue weighted by Gasteiger charge is -2.30. The summed E-state index contributed by atoms with van der Waals surface area (Å²) >= 11 is 2.98. The van der Waals surface area contributed by atoms with Crippen LogP contribution in [0.2, 0.25) is 0 Å². The average molecular weight is 431 g/mol. The van der Waals surface area contributed by atoms with Crippen molar-refractivity contribution >= 4 is 40.0 Å². The third kappa shape index (κ3) is 4.28. The summed E-state index contributed by atoms with van der Waals surface area (Å²) in [5, 5.41) is 20.9. The van der Waals surface area contributed by atoms with Crippen LogP contribution in [0.5, 0.6) is 0 Å². The molecular formula is C18H18N6O3S2. The number of hydrogen-bond acceptors (Lipinski definition) is 10. The van der Waals surface area contributed by atoms with Crippen molar-refractivity contribution in [2.75, 3.05) is 29.1 Å². The molecule has 1 aliphatic heterocycles. The van der Waals surface area contributed by atoms with Crippen LogP contribution in [0.1, 0.15) is 25.5 Å². The minimum Gasteiger partial charge on any atom is -0.459 e. The van der Waals surface area contributed by atoms with Gasteiger partial charge in [-0.1, -0.05) is 30.0 Å². The van der Waals surface area contributed by atoms with E-state index in [2.05, 4.69) is 26.6 Å². The van der Waals surface area contributed by atoms with Crippen molar-refractivity contribution in [1.82, 2.24) is 15.2 Å². The third-order valence-electron chi connectivity index (χ3n) is 4.50. The summed E-state index contributed by atoms with van der Waals surface area (Å²) in [4.78, 5) is 18.7. The number of carbonyl (C=O) groups is 1. The number of thioether (sulfide) groups is 1. The number of nitrogens with one attached hydrogen (secondary N) is 1. The Morgan fingerprint density at radius 1 is 1.45 bits per heavy atom. The zero-order chi connectivity index (χ0) is 20.2. The smallest absolute Gasteiger partial charge is 0.266 e. The van der Waals surface area contributed by atoms with Gasteiger partial charge in [-0.05, 0) is 30.7 Å². The monoisotopic (exact) mass is 430 g/mol. The number of furan rings is 1. The fourth-order valence-electron chi connectivity index (χ4n) is 3.10. The molecule has 9 nitrogen and oxygen atoms in total. The first-order valence-corrected chi connectivity index (χ1v) is 10.9. The van der Waals surface area contributed by atoms with E-state index in [1.165, 1.54) is 17.6 Å². The maximum absolute atomic E-state index is 12.6. The fraction of sp³-hybridized carbons (Fsp3) is 0.389. The number of amides is 1. The SMILES string of the molecule is CCSc1nnc(NC(=O)C2CCN(c3oc(-c4ccco4)nc3C#N)CC2)s1. The van der Waals surface area contributed by atoms with E-state index >= 15 is 0 Å². The van der Waals surface area contributed by atoms with Gasteiger partial charge in [-0.15, -0.1) is 10.2 Å². The van der Waals surface area contributed by atoms with Gasteiger partial charge in [0.15, 0.2) is 10.1 Å². The predicted octanol–water partition coefficient (Wildman–Crippen LogP) is 3.62. The topological polar surface area (TPSA) is 121 Å². The second kappa shape index (κ2) is 8.67. The number of nitrogens with zero attached hydrogens (tertiary/aromatic N) is 5. The van der Waals surface area contributed by atoms with E-state index in [1.54, 1.807) is 23.9 Å². The molecule has 0 saturated carbocycles. The highest BCUT2D eigenvalue weighted by atomic mass is 32.2. The number of rotatable bonds is 6. The summed E-state index contributed by atoms with van der Waals surface area (Å²) in [7, 11) is 0. The molecule has 1 saturated heterocycles. The van der Waals surface area contributed by atoms with Crippen LogP contribution >= 0.6 is 23.1 Å². The van der Waals surface area contributed by atoms with E-state index in [-0.39, 0.29) is 23.4 Å². The van der Waals surface area contributed by atoms with Crippen molar-refractivity contribution in [2.24, 2.45) is 5.92 Å². The summed E-state index contributed by atoms with van der Waals surface area (Å²) in [6.45, 7) is 3.22. The molecule has 0 aromatic carbocycles. The van der Waals surface area contributed by atoms with E-state index in [0.717, 1.165) is 10.1 Å². The van der Waals surface area contributed by atoms with Gasteiger partial charge in [-0.25, -0.2) is 0 Å². The van der Waals surface area contributed by atoms with Crippen LogP contribution in [0.15, 0.2) is 31.6 Å². The van der Waals surface area contributed by atoms with E-state index in [1.807, 2.05) is 11.8 Å². The molecule has 0 unspecified atom stereocenters. The standard InChI is InChI=1S/C18H18N6O3S2/c1-2-28-18-23-22-17(29-18)21-14(25)11-5-7-24(8-6-11)16-12(10-19)20-15(27-16)13-4-3-9-26-13/h3-4,9,11H,2,5-8H2,1H3,(H,21,22,25). The molecule has 1 aliphatic rings. The van der Waals surface area contributed by atoms with E-state index < -0.39 is 0 Å². The summed E-state index contributed by atoms with van der Waals surface area (Å²) < 4.78 is 11.9. The van der Waals surface area contributed by atoms with Crippen LogP contribution in [0.4, 0.5) is 11.0 Å². The molecular weight excluding hydrogens is 412 g/mol. The van der Waals surface area contributed by atoms with Crippen molar-refractivity contribution in [2.45, 2.75) is 24.1 Å². The minimum absolute atomic E-state index is 0.0526. The zero-order valence-electron chi connectivity index (χ0n) is 15.6. The van der Waals surface area contributed by atoms with Crippen LogP contribution in [0.3, 0.4) is 0 Å². The van der Waals surface area contributed by atoms with Gasteiger partial charge in [0.1, 0.15) is 6.07 Å². The number of aromatic nitrogens is 3. The molecule has 1 fully saturated rings. The number of carbonyl (C=O) groups excluding carboxylic acids is 1. The van der Waals surface area contributed by atoms with Crippen LogP contribution in [-0.2, 0) is 4.79 Å². The first-order valence-electron chi connectivity index (χ1n) is 9.14. The first kappa shape index (κ1) is 19.5. The Bertz CT molecular complexity index is 1010. The van der Waals surface area contributed by atoms with Gasteiger partial charge >= 0.3 is 0 Å². The Morgan fingerprint density at radius 2 is 2.28 bits per heavy atom. The summed E-state index contributed by atoms with van der Waals surface area (Å²) in [5.41, 5.74) is 0.217. The number of oxazole rings is 1. The van der Waals surface area contributed by atoms with Gasteiger partial charge < -0.3 is 19.1 Å². The second-order valence-corrected chi connectivity index (χ2v) is 8.81. The van der Waals surface area contributed by atoms with Crippen molar-refractivity contribution in [3.63, 3.8) is 0 Å². The molecule has 3 aromatic heterocycles. The van der Waals surface area contributed by atoms with Crippen LogP contribution in [0.25, 0.3) is 11.7 Å². The molecule has 0 spiro atoms. The average Bonchev–Trinajstić information content (AvgIpc) is 3.49. The molecule has 4 heterocycles. The number of hydrogen-bond donors (Lipinski definition) is 1. The maximum Gasteiger partial charge on any atom is 0.266 e. The van der Waals surface area contributed by atoms with Gasteiger partial charge in [-0.2, -0.15) is 10.2 Å². The van der Waals surface area contributed by atoms with Crippen molar-refractivity contribution in [3.05, 3.63) is 24.1 Å². The fourth-order valence-corrected chi connectivity index (χ4v) is 4.75. The Morgan fingerprint density at radius 3 is 2.97 bits per heavy atom. The molecule has 150 valence electrons. The third-order valence-corrected chi connectivity index (χ3v) is 6.36. The Labute approximate surface area is 175 Å². The Hall–Kier alpha value is -2.84. The summed E-state index contributed by atoms with van der Waals surface area (Å²) in [6, 6.07) is 5.53. The number of nitriles is 1. The molecule has 0 atom stereocenters. The molecule has 3 aromatic rings. The molecule has 1 amide bonds. The van der Waals surface area contributed by atoms with E-state index in [9.17, 15) is 10.1 Å².